The Kier molecular flexibility index (Phi) is 4.06. The van der Waals surface area contributed by atoms with E-state index >= 15 is 0 Å². The number of urea groups is 1. The Morgan fingerprint density at radius 3 is 2.23 bits per heavy atom. The summed E-state index contributed by atoms with van der Waals surface area (Å²) in [6.07, 6.45) is 1.49. The predicted octanol–water partition coefficient (Wildman–Crippen LogP) is 4.72. The normalized spacial score (nSPS) is 10.0. The fraction of sp³-hybridized carbons (Fsp3) is 0. The molecule has 0 spiro atoms. The number of benzene rings is 2. The Labute approximate surface area is 127 Å². The molecule has 2 amide bonds. The molecule has 0 atom stereocenters. The molecule has 0 aliphatic carbocycles. The topological polar surface area (TPSA) is 63.5 Å². The van der Waals surface area contributed by atoms with Crippen molar-refractivity contribution in [2.75, 3.05) is 10.6 Å². The molecule has 5 heteroatoms. The molecule has 3 rings (SSSR count). The van der Waals surface area contributed by atoms with Gasteiger partial charge in [0.1, 0.15) is 11.5 Å². The molecule has 1 aromatic heterocycles. The van der Waals surface area contributed by atoms with Crippen LogP contribution in [0.1, 0.15) is 0 Å². The average Bonchev–Trinajstić information content (AvgIpc) is 3.03. The minimum atomic E-state index is -0.369. The summed E-state index contributed by atoms with van der Waals surface area (Å²) >= 11 is 0. The lowest BCUT2D eigenvalue weighted by molar-refractivity contribution is 0.261. The van der Waals surface area contributed by atoms with Gasteiger partial charge in [-0.15, -0.1) is 0 Å². The molecule has 0 fully saturated rings. The van der Waals surface area contributed by atoms with Gasteiger partial charge < -0.3 is 14.5 Å². The van der Waals surface area contributed by atoms with Crippen LogP contribution in [0, 0.1) is 0 Å². The van der Waals surface area contributed by atoms with Gasteiger partial charge in [-0.3, -0.25) is 5.32 Å². The molecule has 5 nitrogen and oxygen atoms in total. The summed E-state index contributed by atoms with van der Waals surface area (Å²) in [4.78, 5) is 11.7. The lowest BCUT2D eigenvalue weighted by Gasteiger charge is -2.08. The van der Waals surface area contributed by atoms with Gasteiger partial charge in [-0.25, -0.2) is 4.79 Å². The van der Waals surface area contributed by atoms with Crippen LogP contribution in [-0.4, -0.2) is 6.03 Å². The molecule has 0 saturated heterocycles. The van der Waals surface area contributed by atoms with Gasteiger partial charge in [0.25, 0.3) is 0 Å². The SMILES string of the molecule is O=C(Nc1ccc(Oc2ccccc2)cc1)Nc1ccco1. The number of carbonyl (C=O) groups excluding carboxylic acids is 1. The van der Waals surface area contributed by atoms with Crippen LogP contribution in [0.15, 0.2) is 77.4 Å². The maximum Gasteiger partial charge on any atom is 0.326 e. The van der Waals surface area contributed by atoms with Crippen LogP contribution in [0.4, 0.5) is 16.4 Å². The first-order valence-electron chi connectivity index (χ1n) is 6.74. The minimum absolute atomic E-state index is 0.369. The number of hydrogen-bond donors (Lipinski definition) is 2. The number of hydrogen-bond acceptors (Lipinski definition) is 3. The van der Waals surface area contributed by atoms with Gasteiger partial charge >= 0.3 is 6.03 Å². The molecule has 2 N–H and O–H groups in total. The van der Waals surface area contributed by atoms with Crippen molar-refractivity contribution in [3.05, 3.63) is 73.0 Å². The molecule has 0 bridgehead atoms. The number of amides is 2. The fourth-order valence-electron chi connectivity index (χ4n) is 1.85. The maximum absolute atomic E-state index is 11.7. The Morgan fingerprint density at radius 1 is 0.818 bits per heavy atom. The molecule has 0 saturated carbocycles. The highest BCUT2D eigenvalue weighted by atomic mass is 16.5. The van der Waals surface area contributed by atoms with Crippen molar-refractivity contribution in [1.29, 1.82) is 0 Å². The largest absolute Gasteiger partial charge is 0.457 e. The van der Waals surface area contributed by atoms with Crippen molar-refractivity contribution in [3.8, 4) is 11.5 Å². The van der Waals surface area contributed by atoms with Crippen molar-refractivity contribution < 1.29 is 13.9 Å². The van der Waals surface area contributed by atoms with Gasteiger partial charge in [-0.05, 0) is 42.5 Å². The molecule has 3 aromatic rings. The number of anilines is 2. The second kappa shape index (κ2) is 6.49. The molecule has 0 unspecified atom stereocenters. The summed E-state index contributed by atoms with van der Waals surface area (Å²) in [5, 5.41) is 5.28. The van der Waals surface area contributed by atoms with Crippen LogP contribution in [0.2, 0.25) is 0 Å². The molecule has 110 valence electrons. The van der Waals surface area contributed by atoms with Gasteiger partial charge in [-0.1, -0.05) is 18.2 Å². The van der Waals surface area contributed by atoms with Crippen molar-refractivity contribution in [1.82, 2.24) is 0 Å². The van der Waals surface area contributed by atoms with E-state index < -0.39 is 0 Å². The van der Waals surface area contributed by atoms with Crippen LogP contribution in [0.3, 0.4) is 0 Å². The molecule has 2 aromatic carbocycles. The van der Waals surface area contributed by atoms with E-state index in [1.807, 2.05) is 30.3 Å². The third-order valence-electron chi connectivity index (χ3n) is 2.85. The molecular weight excluding hydrogens is 280 g/mol. The molecule has 1 heterocycles. The molecule has 0 radical (unpaired) electrons. The predicted molar refractivity (Wildman–Crippen MR) is 84.3 cm³/mol. The fourth-order valence-corrected chi connectivity index (χ4v) is 1.85. The third kappa shape index (κ3) is 3.67. The van der Waals surface area contributed by atoms with E-state index in [1.165, 1.54) is 6.26 Å². The number of nitrogens with one attached hydrogen (secondary N) is 2. The second-order valence-electron chi connectivity index (χ2n) is 4.50. The van der Waals surface area contributed by atoms with Crippen LogP contribution in [-0.2, 0) is 0 Å². The second-order valence-corrected chi connectivity index (χ2v) is 4.50. The summed E-state index contributed by atoms with van der Waals surface area (Å²) in [6.45, 7) is 0. The maximum atomic E-state index is 11.7. The highest BCUT2D eigenvalue weighted by molar-refractivity contribution is 5.98. The van der Waals surface area contributed by atoms with Crippen molar-refractivity contribution in [2.45, 2.75) is 0 Å². The first-order valence-corrected chi connectivity index (χ1v) is 6.74. The Balaban J connectivity index is 1.58. The number of furan rings is 1. The monoisotopic (exact) mass is 294 g/mol. The number of para-hydroxylation sites is 1. The van der Waals surface area contributed by atoms with Gasteiger partial charge in [0.2, 0.25) is 5.88 Å². The molecular formula is C17H14N2O3. The number of rotatable bonds is 4. The third-order valence-corrected chi connectivity index (χ3v) is 2.85. The average molecular weight is 294 g/mol. The van der Waals surface area contributed by atoms with Crippen LogP contribution in [0.25, 0.3) is 0 Å². The summed E-state index contributed by atoms with van der Waals surface area (Å²) in [7, 11) is 0. The molecule has 0 aliphatic rings. The van der Waals surface area contributed by atoms with Crippen LogP contribution < -0.4 is 15.4 Å². The standard InChI is InChI=1S/C17H14N2O3/c20-17(19-16-7-4-12-21-16)18-13-8-10-15(11-9-13)22-14-5-2-1-3-6-14/h1-12H,(H2,18,19,20). The molecule has 0 aliphatic heterocycles. The lowest BCUT2D eigenvalue weighted by atomic mass is 10.3. The molecule has 22 heavy (non-hydrogen) atoms. The smallest absolute Gasteiger partial charge is 0.326 e. The zero-order valence-electron chi connectivity index (χ0n) is 11.7. The zero-order valence-corrected chi connectivity index (χ0v) is 11.7. The van der Waals surface area contributed by atoms with Crippen molar-refractivity contribution in [2.24, 2.45) is 0 Å². The zero-order chi connectivity index (χ0) is 15.2. The highest BCUT2D eigenvalue weighted by Gasteiger charge is 2.04. The Hall–Kier alpha value is -3.21. The Bertz CT molecular complexity index is 722. The van der Waals surface area contributed by atoms with Gasteiger partial charge in [0.05, 0.1) is 6.26 Å². The number of ether oxygens (including phenoxy) is 1. The van der Waals surface area contributed by atoms with E-state index in [9.17, 15) is 4.79 Å². The first kappa shape index (κ1) is 13.8. The lowest BCUT2D eigenvalue weighted by Crippen LogP contribution is -2.18. The minimum Gasteiger partial charge on any atom is -0.457 e. The van der Waals surface area contributed by atoms with Gasteiger partial charge in [-0.2, -0.15) is 0 Å². The van der Waals surface area contributed by atoms with E-state index in [-0.39, 0.29) is 6.03 Å². The van der Waals surface area contributed by atoms with E-state index in [2.05, 4.69) is 10.6 Å². The van der Waals surface area contributed by atoms with Crippen LogP contribution >= 0.6 is 0 Å². The summed E-state index contributed by atoms with van der Waals surface area (Å²) in [5.74, 6) is 1.85. The first-order chi connectivity index (χ1) is 10.8. The summed E-state index contributed by atoms with van der Waals surface area (Å²) in [6, 6.07) is 19.6. The van der Waals surface area contributed by atoms with Crippen molar-refractivity contribution >= 4 is 17.6 Å². The van der Waals surface area contributed by atoms with E-state index in [4.69, 9.17) is 9.15 Å². The quantitative estimate of drug-likeness (QED) is 0.732. The Morgan fingerprint density at radius 2 is 1.55 bits per heavy atom. The van der Waals surface area contributed by atoms with E-state index in [1.54, 1.807) is 36.4 Å². The van der Waals surface area contributed by atoms with Gasteiger partial charge in [0, 0.05) is 11.8 Å². The van der Waals surface area contributed by atoms with Gasteiger partial charge in [0.15, 0.2) is 0 Å². The van der Waals surface area contributed by atoms with E-state index in [0.717, 1.165) is 5.75 Å². The van der Waals surface area contributed by atoms with Crippen LogP contribution in [0.5, 0.6) is 11.5 Å². The van der Waals surface area contributed by atoms with Crippen molar-refractivity contribution in [3.63, 3.8) is 0 Å². The summed E-state index contributed by atoms with van der Waals surface area (Å²) in [5.41, 5.74) is 0.657. The highest BCUT2D eigenvalue weighted by Crippen LogP contribution is 2.22. The number of carbonyl (C=O) groups is 1. The summed E-state index contributed by atoms with van der Waals surface area (Å²) < 4.78 is 10.7. The van der Waals surface area contributed by atoms with E-state index in [0.29, 0.717) is 17.3 Å².